The molecule has 2 saturated heterocycles. The molecular weight excluding hydrogens is 453 g/mol. The second-order valence-corrected chi connectivity index (χ2v) is 8.77. The van der Waals surface area contributed by atoms with Crippen molar-refractivity contribution in [3.05, 3.63) is 65.5 Å². The van der Waals surface area contributed by atoms with Crippen molar-refractivity contribution in [3.8, 4) is 5.75 Å². The molecule has 0 aromatic heterocycles. The van der Waals surface area contributed by atoms with E-state index < -0.39 is 17.6 Å². The number of nitrogens with zero attached hydrogens (tertiary/aromatic N) is 2. The molecule has 2 aliphatic rings. The number of piperidine rings is 1. The smallest absolute Gasteiger partial charge is 0.256 e. The Balaban J connectivity index is 1.56. The summed E-state index contributed by atoms with van der Waals surface area (Å²) in [5.74, 6) is -0.545. The van der Waals surface area contributed by atoms with Gasteiger partial charge in [0.25, 0.3) is 11.8 Å². The van der Waals surface area contributed by atoms with E-state index >= 15 is 0 Å². The highest BCUT2D eigenvalue weighted by Gasteiger charge is 2.54. The summed E-state index contributed by atoms with van der Waals surface area (Å²) in [4.78, 5) is 42.8. The van der Waals surface area contributed by atoms with Crippen LogP contribution in [0.5, 0.6) is 5.75 Å². The van der Waals surface area contributed by atoms with Crippen LogP contribution in [-0.2, 0) is 9.53 Å². The minimum absolute atomic E-state index is 0.0867. The number of benzene rings is 2. The summed E-state index contributed by atoms with van der Waals surface area (Å²) in [6, 6.07) is 11.4. The Morgan fingerprint density at radius 3 is 2.23 bits per heavy atom. The normalized spacial score (nSPS) is 19.0. The molecule has 0 saturated carbocycles. The van der Waals surface area contributed by atoms with Crippen LogP contribution >= 0.6 is 0 Å². The minimum atomic E-state index is -0.995. The Kier molecular flexibility index (Phi) is 7.35. The van der Waals surface area contributed by atoms with Gasteiger partial charge in [0.15, 0.2) is 0 Å². The third-order valence-corrected chi connectivity index (χ3v) is 6.59. The van der Waals surface area contributed by atoms with Crippen molar-refractivity contribution in [2.45, 2.75) is 38.0 Å². The van der Waals surface area contributed by atoms with Crippen LogP contribution < -0.4 is 10.1 Å². The molecule has 3 amide bonds. The maximum atomic E-state index is 13.7. The lowest BCUT2D eigenvalue weighted by Crippen LogP contribution is -2.59. The van der Waals surface area contributed by atoms with Crippen LogP contribution in [0.2, 0.25) is 0 Å². The van der Waals surface area contributed by atoms with Gasteiger partial charge in [-0.3, -0.25) is 19.3 Å². The standard InChI is InChI=1S/C26H30FN3O5/c1-3-14-28-23(31)22-17-35-26(30(22)25(33)19-6-10-21(34-2)11-7-19)12-15-29(16-13-26)24(32)18-4-8-20(27)9-5-18/h4-11,22H,3,12-17H2,1-2H3,(H,28,31)/t22-/m1/s1. The maximum absolute atomic E-state index is 13.7. The Hall–Kier alpha value is -3.46. The van der Waals surface area contributed by atoms with Gasteiger partial charge in [0.2, 0.25) is 5.91 Å². The Morgan fingerprint density at radius 2 is 1.63 bits per heavy atom. The van der Waals surface area contributed by atoms with E-state index in [4.69, 9.17) is 9.47 Å². The van der Waals surface area contributed by atoms with E-state index in [0.29, 0.717) is 49.4 Å². The number of likely N-dealkylation sites (tertiary alicyclic amines) is 1. The predicted octanol–water partition coefficient (Wildman–Crippen LogP) is 2.83. The summed E-state index contributed by atoms with van der Waals surface area (Å²) in [6.45, 7) is 3.23. The second kappa shape index (κ2) is 10.4. The first-order valence-corrected chi connectivity index (χ1v) is 11.8. The number of carbonyl (C=O) groups is 3. The van der Waals surface area contributed by atoms with E-state index in [2.05, 4.69) is 5.32 Å². The summed E-state index contributed by atoms with van der Waals surface area (Å²) in [5, 5.41) is 2.88. The lowest BCUT2D eigenvalue weighted by atomic mass is 9.96. The zero-order valence-corrected chi connectivity index (χ0v) is 20.0. The topological polar surface area (TPSA) is 88.2 Å². The van der Waals surface area contributed by atoms with Crippen LogP contribution in [0, 0.1) is 5.82 Å². The second-order valence-electron chi connectivity index (χ2n) is 8.77. The molecule has 2 fully saturated rings. The maximum Gasteiger partial charge on any atom is 0.256 e. The molecule has 1 atom stereocenters. The number of hydrogen-bond acceptors (Lipinski definition) is 5. The average molecular weight is 484 g/mol. The van der Waals surface area contributed by atoms with Crippen LogP contribution in [0.25, 0.3) is 0 Å². The highest BCUT2D eigenvalue weighted by atomic mass is 19.1. The van der Waals surface area contributed by atoms with Crippen molar-refractivity contribution in [2.75, 3.05) is 33.4 Å². The van der Waals surface area contributed by atoms with Crippen molar-refractivity contribution >= 4 is 17.7 Å². The number of rotatable bonds is 6. The van der Waals surface area contributed by atoms with Gasteiger partial charge in [-0.2, -0.15) is 0 Å². The molecule has 2 aromatic carbocycles. The van der Waals surface area contributed by atoms with E-state index in [-0.39, 0.29) is 24.3 Å². The van der Waals surface area contributed by atoms with Gasteiger partial charge in [0.1, 0.15) is 23.3 Å². The molecule has 186 valence electrons. The molecule has 1 N–H and O–H groups in total. The van der Waals surface area contributed by atoms with Gasteiger partial charge in [0.05, 0.1) is 13.7 Å². The van der Waals surface area contributed by atoms with Crippen LogP contribution in [0.15, 0.2) is 48.5 Å². The molecule has 0 bridgehead atoms. The van der Waals surface area contributed by atoms with E-state index in [1.54, 1.807) is 41.2 Å². The summed E-state index contributed by atoms with van der Waals surface area (Å²) in [5.41, 5.74) is -0.170. The minimum Gasteiger partial charge on any atom is -0.497 e. The summed E-state index contributed by atoms with van der Waals surface area (Å²) in [6.07, 6.45) is 1.50. The van der Waals surface area contributed by atoms with Crippen molar-refractivity contribution in [1.82, 2.24) is 15.1 Å². The van der Waals surface area contributed by atoms with Gasteiger partial charge < -0.3 is 19.7 Å². The number of hydrogen-bond donors (Lipinski definition) is 1. The molecule has 1 spiro atoms. The van der Waals surface area contributed by atoms with Gasteiger partial charge >= 0.3 is 0 Å². The monoisotopic (exact) mass is 483 g/mol. The van der Waals surface area contributed by atoms with Gasteiger partial charge in [-0.15, -0.1) is 0 Å². The Bertz CT molecular complexity index is 1070. The molecule has 35 heavy (non-hydrogen) atoms. The number of amides is 3. The fourth-order valence-corrected chi connectivity index (χ4v) is 4.64. The van der Waals surface area contributed by atoms with E-state index in [1.165, 1.54) is 24.3 Å². The number of ether oxygens (including phenoxy) is 2. The molecule has 2 aliphatic heterocycles. The summed E-state index contributed by atoms with van der Waals surface area (Å²) < 4.78 is 24.6. The average Bonchev–Trinajstić information content (AvgIpc) is 3.25. The number of carbonyl (C=O) groups excluding carboxylic acids is 3. The molecule has 0 aliphatic carbocycles. The molecule has 0 radical (unpaired) electrons. The van der Waals surface area contributed by atoms with Crippen molar-refractivity contribution in [2.24, 2.45) is 0 Å². The Morgan fingerprint density at radius 1 is 1.03 bits per heavy atom. The first-order chi connectivity index (χ1) is 16.9. The van der Waals surface area contributed by atoms with Crippen LogP contribution in [0.4, 0.5) is 4.39 Å². The molecule has 8 nitrogen and oxygen atoms in total. The molecule has 2 aromatic rings. The van der Waals surface area contributed by atoms with Crippen LogP contribution in [-0.4, -0.2) is 72.6 Å². The largest absolute Gasteiger partial charge is 0.497 e. The summed E-state index contributed by atoms with van der Waals surface area (Å²) >= 11 is 0. The lowest BCUT2D eigenvalue weighted by molar-refractivity contribution is -0.128. The van der Waals surface area contributed by atoms with Gasteiger partial charge in [0, 0.05) is 43.6 Å². The fraction of sp³-hybridized carbons (Fsp3) is 0.423. The predicted molar refractivity (Wildman–Crippen MR) is 126 cm³/mol. The third-order valence-electron chi connectivity index (χ3n) is 6.59. The third kappa shape index (κ3) is 5.00. The fourth-order valence-electron chi connectivity index (χ4n) is 4.64. The van der Waals surface area contributed by atoms with E-state index in [0.717, 1.165) is 6.42 Å². The van der Waals surface area contributed by atoms with Gasteiger partial charge in [-0.25, -0.2) is 4.39 Å². The van der Waals surface area contributed by atoms with E-state index in [9.17, 15) is 18.8 Å². The molecule has 9 heteroatoms. The SMILES string of the molecule is CCCNC(=O)[C@H]1COC2(CCN(C(=O)c3ccc(F)cc3)CC2)N1C(=O)c1ccc(OC)cc1. The summed E-state index contributed by atoms with van der Waals surface area (Å²) in [7, 11) is 1.55. The van der Waals surface area contributed by atoms with Crippen molar-refractivity contribution in [3.63, 3.8) is 0 Å². The first kappa shape index (κ1) is 24.7. The zero-order valence-electron chi connectivity index (χ0n) is 20.0. The molecule has 4 rings (SSSR count). The van der Waals surface area contributed by atoms with Gasteiger partial charge in [-0.1, -0.05) is 6.92 Å². The number of halogens is 1. The molecule has 0 unspecified atom stereocenters. The lowest BCUT2D eigenvalue weighted by Gasteiger charge is -2.44. The van der Waals surface area contributed by atoms with Crippen molar-refractivity contribution in [1.29, 1.82) is 0 Å². The highest BCUT2D eigenvalue weighted by molar-refractivity contribution is 5.98. The van der Waals surface area contributed by atoms with Crippen molar-refractivity contribution < 1.29 is 28.2 Å². The number of nitrogens with one attached hydrogen (secondary N) is 1. The van der Waals surface area contributed by atoms with Crippen LogP contribution in [0.1, 0.15) is 46.9 Å². The van der Waals surface area contributed by atoms with Crippen LogP contribution in [0.3, 0.4) is 0 Å². The molecular formula is C26H30FN3O5. The van der Waals surface area contributed by atoms with E-state index in [1.807, 2.05) is 6.92 Å². The zero-order chi connectivity index (χ0) is 25.0. The quantitative estimate of drug-likeness (QED) is 0.683. The molecule has 2 heterocycles. The first-order valence-electron chi connectivity index (χ1n) is 11.8. The highest BCUT2D eigenvalue weighted by Crippen LogP contribution is 2.39. The number of methoxy groups -OCH3 is 1. The van der Waals surface area contributed by atoms with Gasteiger partial charge in [-0.05, 0) is 55.0 Å². The Labute approximate surface area is 204 Å².